The summed E-state index contributed by atoms with van der Waals surface area (Å²) in [5.74, 6) is 1.36. The molecule has 16 heavy (non-hydrogen) atoms. The standard InChI is InChI=1S/C12H17N3O/c1-9(2)11-5-4-10(3)12(8-11)16-7-6-14-15-13/h4-5,8-9H,6-7H2,1-3H3. The van der Waals surface area contributed by atoms with E-state index in [1.54, 1.807) is 0 Å². The first-order chi connectivity index (χ1) is 7.65. The summed E-state index contributed by atoms with van der Waals surface area (Å²) >= 11 is 0. The fraction of sp³-hybridized carbons (Fsp3) is 0.500. The number of rotatable bonds is 5. The number of benzene rings is 1. The molecule has 1 rings (SSSR count). The molecule has 0 aliphatic rings. The Balaban J connectivity index is 2.70. The predicted octanol–water partition coefficient (Wildman–Crippen LogP) is 3.81. The van der Waals surface area contributed by atoms with Gasteiger partial charge in [-0.2, -0.15) is 0 Å². The summed E-state index contributed by atoms with van der Waals surface area (Å²) in [6.45, 7) is 7.09. The number of nitrogens with zero attached hydrogens (tertiary/aromatic N) is 3. The van der Waals surface area contributed by atoms with Gasteiger partial charge < -0.3 is 4.74 Å². The monoisotopic (exact) mass is 219 g/mol. The van der Waals surface area contributed by atoms with Gasteiger partial charge in [0.25, 0.3) is 0 Å². The third-order valence-corrected chi connectivity index (χ3v) is 2.39. The van der Waals surface area contributed by atoms with Gasteiger partial charge in [-0.25, -0.2) is 0 Å². The van der Waals surface area contributed by atoms with Crippen molar-refractivity contribution in [1.82, 2.24) is 0 Å². The highest BCUT2D eigenvalue weighted by atomic mass is 16.5. The molecule has 0 heterocycles. The van der Waals surface area contributed by atoms with Crippen molar-refractivity contribution in [2.24, 2.45) is 5.11 Å². The Morgan fingerprint density at radius 2 is 2.19 bits per heavy atom. The van der Waals surface area contributed by atoms with Gasteiger partial charge >= 0.3 is 0 Å². The van der Waals surface area contributed by atoms with Crippen molar-refractivity contribution in [2.75, 3.05) is 13.2 Å². The second-order valence-electron chi connectivity index (χ2n) is 3.98. The summed E-state index contributed by atoms with van der Waals surface area (Å²) < 4.78 is 5.56. The van der Waals surface area contributed by atoms with Gasteiger partial charge in [-0.15, -0.1) is 0 Å². The lowest BCUT2D eigenvalue weighted by Gasteiger charge is -2.11. The van der Waals surface area contributed by atoms with Gasteiger partial charge in [0.1, 0.15) is 5.75 Å². The van der Waals surface area contributed by atoms with Gasteiger partial charge in [0.2, 0.25) is 0 Å². The minimum absolute atomic E-state index is 0.363. The number of hydrogen-bond acceptors (Lipinski definition) is 2. The Kier molecular flexibility index (Phi) is 4.67. The van der Waals surface area contributed by atoms with Crippen molar-refractivity contribution in [1.29, 1.82) is 0 Å². The first-order valence-electron chi connectivity index (χ1n) is 5.39. The van der Waals surface area contributed by atoms with Gasteiger partial charge in [0.15, 0.2) is 0 Å². The Morgan fingerprint density at radius 3 is 2.81 bits per heavy atom. The topological polar surface area (TPSA) is 58.0 Å². The van der Waals surface area contributed by atoms with Gasteiger partial charge in [-0.3, -0.25) is 0 Å². The maximum absolute atomic E-state index is 8.14. The molecule has 1 aromatic carbocycles. The maximum atomic E-state index is 8.14. The van der Waals surface area contributed by atoms with Crippen LogP contribution in [0.25, 0.3) is 10.4 Å². The second-order valence-corrected chi connectivity index (χ2v) is 3.98. The molecule has 0 saturated carbocycles. The summed E-state index contributed by atoms with van der Waals surface area (Å²) in [6, 6.07) is 6.22. The molecule has 0 saturated heterocycles. The van der Waals surface area contributed by atoms with Crippen LogP contribution in [0.3, 0.4) is 0 Å². The molecular formula is C12H17N3O. The number of ether oxygens (including phenoxy) is 1. The van der Waals surface area contributed by atoms with E-state index >= 15 is 0 Å². The maximum Gasteiger partial charge on any atom is 0.122 e. The van der Waals surface area contributed by atoms with E-state index in [1.165, 1.54) is 5.56 Å². The lowest BCUT2D eigenvalue weighted by atomic mass is 10.0. The van der Waals surface area contributed by atoms with Crippen molar-refractivity contribution < 1.29 is 4.74 Å². The Bertz CT molecular complexity index is 395. The first-order valence-corrected chi connectivity index (χ1v) is 5.39. The van der Waals surface area contributed by atoms with Gasteiger partial charge in [0, 0.05) is 4.91 Å². The molecular weight excluding hydrogens is 202 g/mol. The third-order valence-electron chi connectivity index (χ3n) is 2.39. The normalized spacial score (nSPS) is 10.0. The zero-order valence-electron chi connectivity index (χ0n) is 9.97. The quantitative estimate of drug-likeness (QED) is 0.321. The number of hydrogen-bond donors (Lipinski definition) is 0. The van der Waals surface area contributed by atoms with Crippen LogP contribution < -0.4 is 4.74 Å². The highest BCUT2D eigenvalue weighted by Gasteiger charge is 2.04. The molecule has 0 amide bonds. The second kappa shape index (κ2) is 6.03. The lowest BCUT2D eigenvalue weighted by molar-refractivity contribution is 0.325. The highest BCUT2D eigenvalue weighted by Crippen LogP contribution is 2.24. The molecule has 4 nitrogen and oxygen atoms in total. The number of azide groups is 1. The SMILES string of the molecule is Cc1ccc(C(C)C)cc1OCCN=[N+]=[N-]. The molecule has 0 aromatic heterocycles. The molecule has 0 aliphatic heterocycles. The van der Waals surface area contributed by atoms with Crippen molar-refractivity contribution in [2.45, 2.75) is 26.7 Å². The van der Waals surface area contributed by atoms with E-state index in [0.29, 0.717) is 19.1 Å². The van der Waals surface area contributed by atoms with E-state index in [4.69, 9.17) is 10.3 Å². The number of aryl methyl sites for hydroxylation is 1. The molecule has 0 radical (unpaired) electrons. The van der Waals surface area contributed by atoms with E-state index in [2.05, 4.69) is 42.1 Å². The van der Waals surface area contributed by atoms with Gasteiger partial charge in [-0.05, 0) is 35.6 Å². The Labute approximate surface area is 95.9 Å². The van der Waals surface area contributed by atoms with Crippen molar-refractivity contribution in [3.63, 3.8) is 0 Å². The van der Waals surface area contributed by atoms with Crippen molar-refractivity contribution in [3.8, 4) is 5.75 Å². The van der Waals surface area contributed by atoms with Gasteiger partial charge in [-0.1, -0.05) is 31.1 Å². The molecule has 0 aliphatic carbocycles. The fourth-order valence-corrected chi connectivity index (χ4v) is 1.37. The average molecular weight is 219 g/mol. The molecule has 0 unspecified atom stereocenters. The molecule has 1 aromatic rings. The molecule has 0 spiro atoms. The fourth-order valence-electron chi connectivity index (χ4n) is 1.37. The zero-order valence-corrected chi connectivity index (χ0v) is 9.97. The first kappa shape index (κ1) is 12.4. The molecule has 0 fully saturated rings. The summed E-state index contributed by atoms with van der Waals surface area (Å²) in [5.41, 5.74) is 10.5. The van der Waals surface area contributed by atoms with Crippen LogP contribution in [0.2, 0.25) is 0 Å². The minimum Gasteiger partial charge on any atom is -0.493 e. The lowest BCUT2D eigenvalue weighted by Crippen LogP contribution is -2.02. The summed E-state index contributed by atoms with van der Waals surface area (Å²) in [7, 11) is 0. The third kappa shape index (κ3) is 3.48. The van der Waals surface area contributed by atoms with Crippen LogP contribution in [0, 0.1) is 6.92 Å². The molecule has 4 heteroatoms. The van der Waals surface area contributed by atoms with Crippen LogP contribution in [0.4, 0.5) is 0 Å². The largest absolute Gasteiger partial charge is 0.493 e. The van der Waals surface area contributed by atoms with Crippen LogP contribution in [-0.2, 0) is 0 Å². The smallest absolute Gasteiger partial charge is 0.122 e. The van der Waals surface area contributed by atoms with Crippen LogP contribution in [0.1, 0.15) is 30.9 Å². The van der Waals surface area contributed by atoms with Crippen LogP contribution in [-0.4, -0.2) is 13.2 Å². The molecule has 0 atom stereocenters. The average Bonchev–Trinajstić information content (AvgIpc) is 2.26. The summed E-state index contributed by atoms with van der Waals surface area (Å²) in [6.07, 6.45) is 0. The summed E-state index contributed by atoms with van der Waals surface area (Å²) in [5, 5.41) is 3.43. The van der Waals surface area contributed by atoms with Crippen molar-refractivity contribution >= 4 is 0 Å². The Morgan fingerprint density at radius 1 is 1.44 bits per heavy atom. The van der Waals surface area contributed by atoms with E-state index in [0.717, 1.165) is 11.3 Å². The van der Waals surface area contributed by atoms with Crippen LogP contribution in [0.5, 0.6) is 5.75 Å². The van der Waals surface area contributed by atoms with E-state index in [1.807, 2.05) is 6.92 Å². The zero-order chi connectivity index (χ0) is 12.0. The minimum atomic E-state index is 0.363. The predicted molar refractivity (Wildman–Crippen MR) is 64.8 cm³/mol. The molecule has 86 valence electrons. The van der Waals surface area contributed by atoms with E-state index in [9.17, 15) is 0 Å². The van der Waals surface area contributed by atoms with Crippen LogP contribution in [0.15, 0.2) is 23.3 Å². The van der Waals surface area contributed by atoms with E-state index in [-0.39, 0.29) is 0 Å². The molecule has 0 N–H and O–H groups in total. The Hall–Kier alpha value is -1.67. The molecule has 0 bridgehead atoms. The summed E-state index contributed by atoms with van der Waals surface area (Å²) in [4.78, 5) is 2.68. The van der Waals surface area contributed by atoms with Gasteiger partial charge in [0.05, 0.1) is 13.2 Å². The van der Waals surface area contributed by atoms with E-state index < -0.39 is 0 Å². The highest BCUT2D eigenvalue weighted by molar-refractivity contribution is 5.37. The van der Waals surface area contributed by atoms with Crippen LogP contribution >= 0.6 is 0 Å². The van der Waals surface area contributed by atoms with Crippen molar-refractivity contribution in [3.05, 3.63) is 39.8 Å².